The minimum absolute atomic E-state index is 0.00261. The van der Waals surface area contributed by atoms with E-state index in [1.807, 2.05) is 55.5 Å². The lowest BCUT2D eigenvalue weighted by atomic mass is 10.1. The van der Waals surface area contributed by atoms with Gasteiger partial charge in [-0.3, -0.25) is 4.98 Å². The van der Waals surface area contributed by atoms with E-state index in [1.54, 1.807) is 12.4 Å². The van der Waals surface area contributed by atoms with Crippen LogP contribution in [0.5, 0.6) is 0 Å². The Morgan fingerprint density at radius 3 is 2.75 bits per heavy atom. The monoisotopic (exact) mass is 339 g/mol. The van der Waals surface area contributed by atoms with Crippen molar-refractivity contribution < 1.29 is 4.79 Å². The standard InChI is InChI=1S/C19H18ClN3O/c1-13(11-14-5-7-16(20)8-6-14)22-19(24)23-18-4-2-3-15-12-21-10-9-17(15)18/h2-10,12-13H,11H2,1H3,(H2,22,23,24). The Labute approximate surface area is 145 Å². The second-order valence-corrected chi connectivity index (χ2v) is 6.17. The van der Waals surface area contributed by atoms with Crippen molar-refractivity contribution in [3.63, 3.8) is 0 Å². The number of rotatable bonds is 4. The van der Waals surface area contributed by atoms with Crippen LogP contribution in [0.1, 0.15) is 12.5 Å². The highest BCUT2D eigenvalue weighted by Crippen LogP contribution is 2.22. The molecule has 2 aromatic carbocycles. The number of nitrogens with one attached hydrogen (secondary N) is 2. The molecule has 24 heavy (non-hydrogen) atoms. The third kappa shape index (κ3) is 4.03. The van der Waals surface area contributed by atoms with E-state index in [4.69, 9.17) is 11.6 Å². The number of carbonyl (C=O) groups is 1. The first-order valence-electron chi connectivity index (χ1n) is 7.76. The van der Waals surface area contributed by atoms with Gasteiger partial charge in [0.1, 0.15) is 0 Å². The maximum absolute atomic E-state index is 12.3. The average molecular weight is 340 g/mol. The van der Waals surface area contributed by atoms with Crippen LogP contribution in [0.2, 0.25) is 5.02 Å². The van der Waals surface area contributed by atoms with Crippen molar-refractivity contribution in [3.05, 3.63) is 71.5 Å². The average Bonchev–Trinajstić information content (AvgIpc) is 2.57. The fourth-order valence-electron chi connectivity index (χ4n) is 2.64. The molecule has 0 bridgehead atoms. The summed E-state index contributed by atoms with van der Waals surface area (Å²) in [7, 11) is 0. The van der Waals surface area contributed by atoms with Crippen LogP contribution in [-0.2, 0) is 6.42 Å². The van der Waals surface area contributed by atoms with Crippen molar-refractivity contribution in [1.82, 2.24) is 10.3 Å². The number of urea groups is 1. The molecule has 0 radical (unpaired) electrons. The number of pyridine rings is 1. The molecule has 1 unspecified atom stereocenters. The molecule has 3 rings (SSSR count). The minimum atomic E-state index is -0.222. The summed E-state index contributed by atoms with van der Waals surface area (Å²) in [5, 5.41) is 8.54. The highest BCUT2D eigenvalue weighted by Gasteiger charge is 2.10. The number of amides is 2. The van der Waals surface area contributed by atoms with E-state index >= 15 is 0 Å². The fourth-order valence-corrected chi connectivity index (χ4v) is 2.76. The number of benzene rings is 2. The van der Waals surface area contributed by atoms with Crippen molar-refractivity contribution in [2.75, 3.05) is 5.32 Å². The summed E-state index contributed by atoms with van der Waals surface area (Å²) in [6, 6.07) is 15.1. The highest BCUT2D eigenvalue weighted by molar-refractivity contribution is 6.30. The minimum Gasteiger partial charge on any atom is -0.335 e. The third-order valence-corrected chi connectivity index (χ3v) is 4.01. The van der Waals surface area contributed by atoms with Gasteiger partial charge in [-0.05, 0) is 43.2 Å². The number of nitrogens with zero attached hydrogens (tertiary/aromatic N) is 1. The molecule has 0 aliphatic rings. The molecule has 122 valence electrons. The SMILES string of the molecule is CC(Cc1ccc(Cl)cc1)NC(=O)Nc1cccc2cnccc12. The van der Waals surface area contributed by atoms with Gasteiger partial charge in [-0.2, -0.15) is 0 Å². The number of hydrogen-bond acceptors (Lipinski definition) is 2. The molecule has 0 fully saturated rings. The van der Waals surface area contributed by atoms with E-state index in [1.165, 1.54) is 0 Å². The van der Waals surface area contributed by atoms with Crippen LogP contribution in [0.3, 0.4) is 0 Å². The maximum Gasteiger partial charge on any atom is 0.319 e. The zero-order valence-corrected chi connectivity index (χ0v) is 14.0. The molecule has 5 heteroatoms. The summed E-state index contributed by atoms with van der Waals surface area (Å²) >= 11 is 5.89. The third-order valence-electron chi connectivity index (χ3n) is 3.76. The van der Waals surface area contributed by atoms with Crippen molar-refractivity contribution in [1.29, 1.82) is 0 Å². The Balaban J connectivity index is 1.63. The van der Waals surface area contributed by atoms with Gasteiger partial charge in [0.2, 0.25) is 0 Å². The van der Waals surface area contributed by atoms with E-state index in [2.05, 4.69) is 15.6 Å². The first kappa shape index (κ1) is 16.3. The molecule has 1 heterocycles. The van der Waals surface area contributed by atoms with Gasteiger partial charge in [0, 0.05) is 34.2 Å². The summed E-state index contributed by atoms with van der Waals surface area (Å²) in [6.07, 6.45) is 4.24. The molecule has 0 saturated heterocycles. The summed E-state index contributed by atoms with van der Waals surface area (Å²) in [5.74, 6) is 0. The van der Waals surface area contributed by atoms with E-state index in [0.29, 0.717) is 5.02 Å². The second kappa shape index (κ2) is 7.32. The Morgan fingerprint density at radius 1 is 1.17 bits per heavy atom. The number of hydrogen-bond donors (Lipinski definition) is 2. The first-order valence-corrected chi connectivity index (χ1v) is 8.14. The second-order valence-electron chi connectivity index (χ2n) is 5.73. The Bertz CT molecular complexity index is 843. The smallest absolute Gasteiger partial charge is 0.319 e. The van der Waals surface area contributed by atoms with Crippen LogP contribution in [0, 0.1) is 0 Å². The summed E-state index contributed by atoms with van der Waals surface area (Å²) in [5.41, 5.74) is 1.90. The number of halogens is 1. The van der Waals surface area contributed by atoms with Crippen LogP contribution in [0.15, 0.2) is 60.9 Å². The summed E-state index contributed by atoms with van der Waals surface area (Å²) in [6.45, 7) is 1.97. The molecule has 1 aromatic heterocycles. The van der Waals surface area contributed by atoms with Gasteiger partial charge in [-0.25, -0.2) is 4.79 Å². The molecular formula is C19H18ClN3O. The molecule has 1 atom stereocenters. The van der Waals surface area contributed by atoms with Gasteiger partial charge in [-0.15, -0.1) is 0 Å². The van der Waals surface area contributed by atoms with Gasteiger partial charge >= 0.3 is 6.03 Å². The zero-order chi connectivity index (χ0) is 16.9. The molecular weight excluding hydrogens is 322 g/mol. The Hall–Kier alpha value is -2.59. The van der Waals surface area contributed by atoms with Crippen LogP contribution in [-0.4, -0.2) is 17.1 Å². The van der Waals surface area contributed by atoms with Crippen molar-refractivity contribution in [3.8, 4) is 0 Å². The molecule has 0 aliphatic carbocycles. The van der Waals surface area contributed by atoms with Crippen molar-refractivity contribution >= 4 is 34.1 Å². The normalized spacial score (nSPS) is 11.9. The quantitative estimate of drug-likeness (QED) is 0.727. The summed E-state index contributed by atoms with van der Waals surface area (Å²) in [4.78, 5) is 16.3. The largest absolute Gasteiger partial charge is 0.335 e. The van der Waals surface area contributed by atoms with Gasteiger partial charge in [-0.1, -0.05) is 35.9 Å². The lowest BCUT2D eigenvalue weighted by molar-refractivity contribution is 0.249. The molecule has 3 aromatic rings. The lowest BCUT2D eigenvalue weighted by Crippen LogP contribution is -2.37. The number of carbonyl (C=O) groups excluding carboxylic acids is 1. The molecule has 0 saturated carbocycles. The molecule has 4 nitrogen and oxygen atoms in total. The predicted octanol–water partition coefficient (Wildman–Crippen LogP) is 4.64. The van der Waals surface area contributed by atoms with Crippen molar-refractivity contribution in [2.24, 2.45) is 0 Å². The first-order chi connectivity index (χ1) is 11.6. The van der Waals surface area contributed by atoms with E-state index < -0.39 is 0 Å². The van der Waals surface area contributed by atoms with E-state index in [-0.39, 0.29) is 12.1 Å². The van der Waals surface area contributed by atoms with Gasteiger partial charge in [0.15, 0.2) is 0 Å². The maximum atomic E-state index is 12.3. The Kier molecular flexibility index (Phi) is 4.96. The predicted molar refractivity (Wildman–Crippen MR) is 98.5 cm³/mol. The van der Waals surface area contributed by atoms with Gasteiger partial charge in [0.25, 0.3) is 0 Å². The molecule has 2 amide bonds. The highest BCUT2D eigenvalue weighted by atomic mass is 35.5. The number of fused-ring (bicyclic) bond motifs is 1. The van der Waals surface area contributed by atoms with Gasteiger partial charge < -0.3 is 10.6 Å². The summed E-state index contributed by atoms with van der Waals surface area (Å²) < 4.78 is 0. The van der Waals surface area contributed by atoms with Crippen molar-refractivity contribution in [2.45, 2.75) is 19.4 Å². The number of aromatic nitrogens is 1. The van der Waals surface area contributed by atoms with Crippen LogP contribution < -0.4 is 10.6 Å². The van der Waals surface area contributed by atoms with Crippen LogP contribution >= 0.6 is 11.6 Å². The topological polar surface area (TPSA) is 54.0 Å². The van der Waals surface area contributed by atoms with E-state index in [9.17, 15) is 4.79 Å². The van der Waals surface area contributed by atoms with E-state index in [0.717, 1.165) is 28.4 Å². The van der Waals surface area contributed by atoms with Crippen LogP contribution in [0.25, 0.3) is 10.8 Å². The van der Waals surface area contributed by atoms with Gasteiger partial charge in [0.05, 0.1) is 5.69 Å². The Morgan fingerprint density at radius 2 is 1.96 bits per heavy atom. The number of anilines is 1. The molecule has 0 aliphatic heterocycles. The molecule has 0 spiro atoms. The molecule has 2 N–H and O–H groups in total. The lowest BCUT2D eigenvalue weighted by Gasteiger charge is -2.15. The zero-order valence-electron chi connectivity index (χ0n) is 13.3. The fraction of sp³-hybridized carbons (Fsp3) is 0.158. The van der Waals surface area contributed by atoms with Crippen LogP contribution in [0.4, 0.5) is 10.5 Å².